The highest BCUT2D eigenvalue weighted by atomic mass is 19.1. The largest absolute Gasteiger partial charge is 0.511 e. The highest BCUT2D eigenvalue weighted by Gasteiger charge is 2.32. The molecule has 11 heteroatoms. The molecule has 0 radical (unpaired) electrons. The second-order valence-corrected chi connectivity index (χ2v) is 7.02. The van der Waals surface area contributed by atoms with Gasteiger partial charge in [0.15, 0.2) is 18.3 Å². The van der Waals surface area contributed by atoms with Crippen LogP contribution in [0.4, 0.5) is 20.6 Å². The highest BCUT2D eigenvalue weighted by Crippen LogP contribution is 2.44. The Hall–Kier alpha value is -3.21. The second kappa shape index (κ2) is 6.99. The number of ether oxygens (including phenoxy) is 2. The van der Waals surface area contributed by atoms with Gasteiger partial charge in [-0.05, 0) is 6.54 Å². The van der Waals surface area contributed by atoms with Crippen molar-refractivity contribution in [3.8, 4) is 11.5 Å². The molecule has 4 rings (SSSR count). The van der Waals surface area contributed by atoms with Gasteiger partial charge in [0.25, 0.3) is 0 Å². The molecule has 2 aliphatic heterocycles. The molecule has 1 fully saturated rings. The SMILES string of the molecule is CCN1CCN(c2c(F)c(N)c3c(=O)c(OC(=O)O)cn4c3c2OCN4C)CC1. The molecule has 0 aliphatic carbocycles. The number of carbonyl (C=O) groups is 1. The number of piperazine rings is 1. The summed E-state index contributed by atoms with van der Waals surface area (Å²) in [4.78, 5) is 27.9. The van der Waals surface area contributed by atoms with Gasteiger partial charge < -0.3 is 30.1 Å². The number of halogens is 1. The number of likely N-dealkylation sites (N-methyl/N-ethyl adjacent to an activating group) is 1. The summed E-state index contributed by atoms with van der Waals surface area (Å²) in [5.74, 6) is -0.994. The van der Waals surface area contributed by atoms with Gasteiger partial charge in [-0.25, -0.2) is 9.18 Å². The van der Waals surface area contributed by atoms with E-state index in [1.165, 1.54) is 10.9 Å². The van der Waals surface area contributed by atoms with Crippen LogP contribution in [-0.4, -0.2) is 67.3 Å². The van der Waals surface area contributed by atoms with E-state index in [1.54, 1.807) is 12.1 Å². The van der Waals surface area contributed by atoms with E-state index in [9.17, 15) is 9.59 Å². The van der Waals surface area contributed by atoms with E-state index in [2.05, 4.69) is 16.6 Å². The van der Waals surface area contributed by atoms with E-state index in [4.69, 9.17) is 15.6 Å². The van der Waals surface area contributed by atoms with Crippen molar-refractivity contribution in [2.45, 2.75) is 6.92 Å². The molecule has 156 valence electrons. The molecule has 1 aromatic heterocycles. The molecule has 0 bridgehead atoms. The molecule has 2 aromatic rings. The van der Waals surface area contributed by atoms with Crippen molar-refractivity contribution in [1.29, 1.82) is 0 Å². The number of pyridine rings is 1. The number of rotatable bonds is 3. The maximum Gasteiger partial charge on any atom is 0.511 e. The molecule has 0 saturated carbocycles. The highest BCUT2D eigenvalue weighted by molar-refractivity contribution is 6.01. The minimum Gasteiger partial charge on any atom is -0.467 e. The number of nitrogen functional groups attached to an aromatic ring is 1. The van der Waals surface area contributed by atoms with Crippen LogP contribution in [0.3, 0.4) is 0 Å². The van der Waals surface area contributed by atoms with Crippen molar-refractivity contribution in [1.82, 2.24) is 9.58 Å². The molecule has 0 atom stereocenters. The van der Waals surface area contributed by atoms with Crippen LogP contribution in [0.25, 0.3) is 10.9 Å². The normalized spacial score (nSPS) is 16.8. The fraction of sp³-hybridized carbons (Fsp3) is 0.444. The van der Waals surface area contributed by atoms with E-state index >= 15 is 4.39 Å². The molecule has 0 spiro atoms. The Morgan fingerprint density at radius 3 is 2.66 bits per heavy atom. The van der Waals surface area contributed by atoms with Crippen molar-refractivity contribution in [2.24, 2.45) is 0 Å². The van der Waals surface area contributed by atoms with Crippen LogP contribution in [0.2, 0.25) is 0 Å². The minimum absolute atomic E-state index is 0.0722. The fourth-order valence-electron chi connectivity index (χ4n) is 3.86. The Bertz CT molecular complexity index is 1050. The van der Waals surface area contributed by atoms with Gasteiger partial charge in [-0.15, -0.1) is 0 Å². The van der Waals surface area contributed by atoms with Crippen LogP contribution in [0.1, 0.15) is 6.92 Å². The van der Waals surface area contributed by atoms with Crippen molar-refractivity contribution in [3.63, 3.8) is 0 Å². The first kappa shape index (κ1) is 19.1. The van der Waals surface area contributed by atoms with Gasteiger partial charge >= 0.3 is 6.16 Å². The van der Waals surface area contributed by atoms with Crippen molar-refractivity contribution < 1.29 is 23.8 Å². The van der Waals surface area contributed by atoms with E-state index < -0.39 is 23.2 Å². The zero-order chi connectivity index (χ0) is 20.9. The van der Waals surface area contributed by atoms with E-state index in [0.29, 0.717) is 13.1 Å². The van der Waals surface area contributed by atoms with Crippen LogP contribution in [-0.2, 0) is 0 Å². The summed E-state index contributed by atoms with van der Waals surface area (Å²) in [7, 11) is 1.68. The Labute approximate surface area is 165 Å². The van der Waals surface area contributed by atoms with Crippen LogP contribution >= 0.6 is 0 Å². The summed E-state index contributed by atoms with van der Waals surface area (Å²) < 4.78 is 27.3. The molecule has 1 saturated heterocycles. The zero-order valence-corrected chi connectivity index (χ0v) is 16.1. The number of carboxylic acid groups (broad SMARTS) is 1. The van der Waals surface area contributed by atoms with Gasteiger partial charge in [0.2, 0.25) is 11.2 Å². The average molecular weight is 407 g/mol. The zero-order valence-electron chi connectivity index (χ0n) is 16.1. The summed E-state index contributed by atoms with van der Waals surface area (Å²) >= 11 is 0. The quantitative estimate of drug-likeness (QED) is 0.564. The molecule has 1 aromatic carbocycles. The van der Waals surface area contributed by atoms with E-state index in [1.807, 2.05) is 4.90 Å². The smallest absolute Gasteiger partial charge is 0.467 e. The lowest BCUT2D eigenvalue weighted by Gasteiger charge is -2.38. The lowest BCUT2D eigenvalue weighted by atomic mass is 10.1. The predicted octanol–water partition coefficient (Wildman–Crippen LogP) is 0.839. The van der Waals surface area contributed by atoms with Crippen LogP contribution in [0, 0.1) is 5.82 Å². The average Bonchev–Trinajstić information content (AvgIpc) is 2.70. The molecular formula is C18H22FN5O5. The third-order valence-electron chi connectivity index (χ3n) is 5.40. The predicted molar refractivity (Wildman–Crippen MR) is 105 cm³/mol. The van der Waals surface area contributed by atoms with Crippen molar-refractivity contribution in [3.05, 3.63) is 22.2 Å². The number of hydrogen-bond acceptors (Lipinski definition) is 8. The van der Waals surface area contributed by atoms with Gasteiger partial charge in [0.1, 0.15) is 11.2 Å². The molecule has 0 amide bonds. The number of anilines is 2. The number of hydrogen-bond donors (Lipinski definition) is 2. The Morgan fingerprint density at radius 2 is 2.03 bits per heavy atom. The van der Waals surface area contributed by atoms with Gasteiger partial charge in [0.05, 0.1) is 17.3 Å². The maximum atomic E-state index is 15.4. The van der Waals surface area contributed by atoms with Crippen LogP contribution in [0.5, 0.6) is 11.5 Å². The Morgan fingerprint density at radius 1 is 1.34 bits per heavy atom. The second-order valence-electron chi connectivity index (χ2n) is 7.02. The molecule has 10 nitrogen and oxygen atoms in total. The fourth-order valence-corrected chi connectivity index (χ4v) is 3.86. The molecule has 3 heterocycles. The van der Waals surface area contributed by atoms with Gasteiger partial charge in [0, 0.05) is 33.2 Å². The first-order valence-corrected chi connectivity index (χ1v) is 9.26. The summed E-state index contributed by atoms with van der Waals surface area (Å²) in [5, 5.41) is 10.3. The van der Waals surface area contributed by atoms with Crippen LogP contribution < -0.4 is 30.5 Å². The standard InChI is InChI=1S/C18H22FN5O5/c1-3-22-4-6-23(7-5-22)15-12(19)13(20)11-14-17(15)28-9-21(2)24(14)8-10(16(11)25)29-18(26)27/h8H,3-7,9,20H2,1-2H3,(H,26,27). The summed E-state index contributed by atoms with van der Waals surface area (Å²) in [6.07, 6.45) is -0.394. The summed E-state index contributed by atoms with van der Waals surface area (Å²) in [5.41, 5.74) is 5.38. The summed E-state index contributed by atoms with van der Waals surface area (Å²) in [6.45, 7) is 5.77. The third kappa shape index (κ3) is 2.97. The van der Waals surface area contributed by atoms with Crippen molar-refractivity contribution >= 4 is 28.4 Å². The number of aromatic nitrogens is 1. The monoisotopic (exact) mass is 407 g/mol. The number of nitrogens with two attached hydrogens (primary N) is 1. The van der Waals surface area contributed by atoms with E-state index in [-0.39, 0.29) is 34.8 Å². The first-order valence-electron chi connectivity index (χ1n) is 9.26. The summed E-state index contributed by atoms with van der Waals surface area (Å²) in [6, 6.07) is 0. The van der Waals surface area contributed by atoms with Gasteiger partial charge in [-0.1, -0.05) is 6.92 Å². The van der Waals surface area contributed by atoms with Crippen molar-refractivity contribution in [2.75, 3.05) is 62.1 Å². The first-order chi connectivity index (χ1) is 13.8. The Kier molecular flexibility index (Phi) is 4.61. The third-order valence-corrected chi connectivity index (χ3v) is 5.40. The molecule has 29 heavy (non-hydrogen) atoms. The van der Waals surface area contributed by atoms with Gasteiger partial charge in [-0.2, -0.15) is 0 Å². The lowest BCUT2D eigenvalue weighted by Crippen LogP contribution is -2.47. The number of benzene rings is 1. The maximum absolute atomic E-state index is 15.4. The van der Waals surface area contributed by atoms with E-state index in [0.717, 1.165) is 19.6 Å². The molecule has 0 unspecified atom stereocenters. The lowest BCUT2D eigenvalue weighted by molar-refractivity contribution is 0.143. The molecule has 3 N–H and O–H groups in total. The van der Waals surface area contributed by atoms with Gasteiger partial charge in [-0.3, -0.25) is 14.5 Å². The minimum atomic E-state index is -1.64. The molecule has 2 aliphatic rings. The Balaban J connectivity index is 1.96. The number of nitrogens with zero attached hydrogens (tertiary/aromatic N) is 4. The topological polar surface area (TPSA) is 114 Å². The molecular weight excluding hydrogens is 385 g/mol. The van der Waals surface area contributed by atoms with Crippen LogP contribution in [0.15, 0.2) is 11.0 Å².